The van der Waals surface area contributed by atoms with Gasteiger partial charge in [0.15, 0.2) is 5.82 Å². The van der Waals surface area contributed by atoms with Crippen LogP contribution in [0.1, 0.15) is 64.9 Å². The van der Waals surface area contributed by atoms with E-state index in [1.54, 1.807) is 19.9 Å². The van der Waals surface area contributed by atoms with Gasteiger partial charge in [-0.2, -0.15) is 9.97 Å². The van der Waals surface area contributed by atoms with Crippen molar-refractivity contribution in [3.05, 3.63) is 47.7 Å². The molecule has 7 rings (SSSR count). The van der Waals surface area contributed by atoms with Crippen LogP contribution >= 0.6 is 0 Å². The molecular formula is C36H42F3N5O3. The zero-order chi connectivity index (χ0) is 33.3. The zero-order valence-corrected chi connectivity index (χ0v) is 27.4. The number of aromatic nitrogens is 3. The second kappa shape index (κ2) is 11.5. The van der Waals surface area contributed by atoms with Crippen LogP contribution in [0.3, 0.4) is 0 Å². The number of ether oxygens (including phenoxy) is 1. The van der Waals surface area contributed by atoms with Crippen LogP contribution in [0.25, 0.3) is 32.9 Å². The Kier molecular flexibility index (Phi) is 7.78. The van der Waals surface area contributed by atoms with Gasteiger partial charge in [-0.05, 0) is 94.0 Å². The summed E-state index contributed by atoms with van der Waals surface area (Å²) in [6, 6.07) is 5.93. The topological polar surface area (TPSA) is 94.8 Å². The number of pyridine rings is 1. The highest BCUT2D eigenvalue weighted by atomic mass is 19.1. The summed E-state index contributed by atoms with van der Waals surface area (Å²) < 4.78 is 53.7. The number of rotatable bonds is 6. The maximum Gasteiger partial charge on any atom is 0.319 e. The van der Waals surface area contributed by atoms with E-state index in [-0.39, 0.29) is 47.7 Å². The molecule has 4 aromatic rings. The first-order valence-electron chi connectivity index (χ1n) is 16.6. The van der Waals surface area contributed by atoms with E-state index in [0.29, 0.717) is 66.3 Å². The molecule has 11 heteroatoms. The molecule has 0 bridgehead atoms. The van der Waals surface area contributed by atoms with Crippen molar-refractivity contribution in [3.63, 3.8) is 0 Å². The molecule has 2 aliphatic heterocycles. The van der Waals surface area contributed by atoms with E-state index in [9.17, 15) is 14.6 Å². The van der Waals surface area contributed by atoms with Gasteiger partial charge in [0.1, 0.15) is 34.3 Å². The van der Waals surface area contributed by atoms with Crippen molar-refractivity contribution >= 4 is 27.5 Å². The average molecular weight is 650 g/mol. The Bertz CT molecular complexity index is 1870. The zero-order valence-electron chi connectivity index (χ0n) is 27.4. The van der Waals surface area contributed by atoms with E-state index in [0.717, 1.165) is 19.3 Å². The number of anilines is 1. The van der Waals surface area contributed by atoms with Crippen LogP contribution in [0, 0.1) is 17.0 Å². The van der Waals surface area contributed by atoms with Crippen molar-refractivity contribution in [2.45, 2.75) is 83.0 Å². The number of piperidine rings is 2. The molecule has 2 aromatic heterocycles. The minimum absolute atomic E-state index is 0.0383. The first-order chi connectivity index (χ1) is 22.3. The van der Waals surface area contributed by atoms with Gasteiger partial charge < -0.3 is 19.8 Å². The molecule has 1 saturated carbocycles. The summed E-state index contributed by atoms with van der Waals surface area (Å²) in [7, 11) is 1.96. The molecule has 2 saturated heterocycles. The largest absolute Gasteiger partial charge is 0.508 e. The smallest absolute Gasteiger partial charge is 0.319 e. The predicted molar refractivity (Wildman–Crippen MR) is 176 cm³/mol. The van der Waals surface area contributed by atoms with E-state index >= 15 is 8.78 Å². The number of halogens is 3. The number of fused-ring (bicyclic) bond motifs is 3. The molecule has 47 heavy (non-hydrogen) atoms. The summed E-state index contributed by atoms with van der Waals surface area (Å²) in [6.45, 7) is 6.62. The first-order valence-corrected chi connectivity index (χ1v) is 16.6. The Labute approximate surface area is 272 Å². The number of β-amino-alcohol motifs (C(OH)–C–C–N with tert-alkyl or cyclic N) is 1. The highest BCUT2D eigenvalue weighted by Crippen LogP contribution is 2.51. The highest BCUT2D eigenvalue weighted by Gasteiger charge is 2.54. The normalized spacial score (nSPS) is 28.3. The lowest BCUT2D eigenvalue weighted by molar-refractivity contribution is -0.0648. The van der Waals surface area contributed by atoms with Crippen LogP contribution in [0.4, 0.5) is 19.0 Å². The monoisotopic (exact) mass is 649 g/mol. The fourth-order valence-electron chi connectivity index (χ4n) is 8.81. The Balaban J connectivity index is 1.37. The number of phenols is 1. The van der Waals surface area contributed by atoms with Crippen molar-refractivity contribution in [1.29, 1.82) is 0 Å². The lowest BCUT2D eigenvalue weighted by atomic mass is 9.71. The SMILES string of the molecule is CCc1c(F)ccc2cc(O)cc(-c3ncc4c(N5CCC[C@@](C)(O)C5)nc(OC[C@]56CCC[C@H]5N(C)CC(C)(F)C6)nc4c3F)c12. The van der Waals surface area contributed by atoms with Crippen LogP contribution < -0.4 is 9.64 Å². The third-order valence-corrected chi connectivity index (χ3v) is 10.6. The lowest BCUT2D eigenvalue weighted by Gasteiger charge is -2.49. The molecule has 3 aliphatic rings. The molecule has 0 spiro atoms. The minimum atomic E-state index is -1.37. The number of hydrogen-bond acceptors (Lipinski definition) is 8. The highest BCUT2D eigenvalue weighted by molar-refractivity contribution is 6.01. The number of phenolic OH excluding ortho intramolecular Hbond substituents is 1. The fraction of sp³-hybridized carbons (Fsp3) is 0.528. The molecule has 8 nitrogen and oxygen atoms in total. The van der Waals surface area contributed by atoms with E-state index in [1.807, 2.05) is 18.9 Å². The van der Waals surface area contributed by atoms with Crippen molar-refractivity contribution in [1.82, 2.24) is 19.9 Å². The third-order valence-electron chi connectivity index (χ3n) is 10.6. The molecule has 1 unspecified atom stereocenters. The maximum atomic E-state index is 16.9. The van der Waals surface area contributed by atoms with Gasteiger partial charge in [0, 0.05) is 42.9 Å². The Hall–Kier alpha value is -3.70. The number of likely N-dealkylation sites (tertiary alicyclic amines) is 1. The maximum absolute atomic E-state index is 16.9. The summed E-state index contributed by atoms with van der Waals surface area (Å²) in [5.41, 5.74) is -2.27. The number of benzene rings is 2. The average Bonchev–Trinajstić information content (AvgIpc) is 3.43. The molecule has 3 fully saturated rings. The number of alkyl halides is 1. The van der Waals surface area contributed by atoms with Crippen molar-refractivity contribution in [3.8, 4) is 23.0 Å². The number of aromatic hydroxyl groups is 1. The third kappa shape index (κ3) is 5.65. The molecule has 2 aromatic carbocycles. The van der Waals surface area contributed by atoms with Gasteiger partial charge in [-0.1, -0.05) is 19.4 Å². The van der Waals surface area contributed by atoms with Crippen molar-refractivity contribution < 1.29 is 28.1 Å². The van der Waals surface area contributed by atoms with Gasteiger partial charge in [0.2, 0.25) is 0 Å². The molecule has 4 heterocycles. The van der Waals surface area contributed by atoms with E-state index in [4.69, 9.17) is 9.72 Å². The van der Waals surface area contributed by atoms with E-state index in [2.05, 4.69) is 14.9 Å². The number of aryl methyl sites for hydroxylation is 1. The quantitative estimate of drug-likeness (QED) is 0.238. The molecule has 1 aliphatic carbocycles. The molecule has 0 radical (unpaired) electrons. The lowest BCUT2D eigenvalue weighted by Crippen LogP contribution is -2.58. The van der Waals surface area contributed by atoms with Gasteiger partial charge in [-0.25, -0.2) is 13.2 Å². The van der Waals surface area contributed by atoms with Gasteiger partial charge in [0.25, 0.3) is 0 Å². The Morgan fingerprint density at radius 3 is 2.66 bits per heavy atom. The standard InChI is InChI=1S/C36H42F3N5O3/c1-5-23-26(37)10-9-21-14-22(45)15-24(28(21)23)30-29(38)31-25(16-40-30)32(44-13-7-11-35(3,46)19-44)42-33(41-31)47-20-36-12-6-8-27(36)43(4)18-34(2,39)17-36/h9-10,14-16,27,45-46H,5-8,11-13,17-20H2,1-4H3/t27-,34?,35-,36-/m1/s1. The van der Waals surface area contributed by atoms with Crippen molar-refractivity contribution in [2.75, 3.05) is 38.2 Å². The van der Waals surface area contributed by atoms with Gasteiger partial charge >= 0.3 is 6.01 Å². The van der Waals surface area contributed by atoms with Crippen LogP contribution in [0.5, 0.6) is 11.8 Å². The number of aliphatic hydroxyl groups is 1. The second-order valence-corrected chi connectivity index (χ2v) is 14.6. The summed E-state index contributed by atoms with van der Waals surface area (Å²) in [6.07, 6.45) is 6.24. The number of hydrogen-bond donors (Lipinski definition) is 2. The molecule has 250 valence electrons. The first kappa shape index (κ1) is 31.9. The van der Waals surface area contributed by atoms with Crippen LogP contribution in [0.2, 0.25) is 0 Å². The number of nitrogens with zero attached hydrogens (tertiary/aromatic N) is 5. The van der Waals surface area contributed by atoms with Crippen LogP contribution in [-0.2, 0) is 6.42 Å². The molecule has 4 atom stereocenters. The van der Waals surface area contributed by atoms with Gasteiger partial charge in [-0.3, -0.25) is 9.88 Å². The van der Waals surface area contributed by atoms with E-state index < -0.39 is 28.3 Å². The Morgan fingerprint density at radius 2 is 1.89 bits per heavy atom. The van der Waals surface area contributed by atoms with Gasteiger partial charge in [-0.15, -0.1) is 0 Å². The second-order valence-electron chi connectivity index (χ2n) is 14.6. The summed E-state index contributed by atoms with van der Waals surface area (Å²) in [5.74, 6) is -0.898. The Morgan fingerprint density at radius 1 is 1.09 bits per heavy atom. The minimum Gasteiger partial charge on any atom is -0.508 e. The molecule has 2 N–H and O–H groups in total. The summed E-state index contributed by atoms with van der Waals surface area (Å²) >= 11 is 0. The van der Waals surface area contributed by atoms with Crippen LogP contribution in [0.15, 0.2) is 30.5 Å². The summed E-state index contributed by atoms with van der Waals surface area (Å²) in [5, 5.41) is 22.9. The molecular weight excluding hydrogens is 607 g/mol. The fourth-order valence-corrected chi connectivity index (χ4v) is 8.81. The predicted octanol–water partition coefficient (Wildman–Crippen LogP) is 6.72. The molecule has 0 amide bonds. The van der Waals surface area contributed by atoms with Crippen molar-refractivity contribution in [2.24, 2.45) is 5.41 Å². The van der Waals surface area contributed by atoms with E-state index in [1.165, 1.54) is 24.4 Å². The summed E-state index contributed by atoms with van der Waals surface area (Å²) in [4.78, 5) is 17.9. The van der Waals surface area contributed by atoms with Gasteiger partial charge in [0.05, 0.1) is 17.6 Å². The van der Waals surface area contributed by atoms with Crippen LogP contribution in [-0.4, -0.2) is 80.7 Å².